The van der Waals surface area contributed by atoms with E-state index in [4.69, 9.17) is 5.11 Å². The lowest BCUT2D eigenvalue weighted by atomic mass is 9.91. The molecule has 0 bridgehead atoms. The summed E-state index contributed by atoms with van der Waals surface area (Å²) in [6, 6.07) is 0. The lowest BCUT2D eigenvalue weighted by molar-refractivity contribution is 0.0227. The standard InChI is InChI=1S/C12H27NO2/c1-5-11(4,8-9-14)13-10-12(15,6-2)7-3/h13-15H,5-10H2,1-4H3. The number of nitrogens with one attached hydrogen (secondary N) is 1. The van der Waals surface area contributed by atoms with E-state index >= 15 is 0 Å². The van der Waals surface area contributed by atoms with Gasteiger partial charge in [-0.1, -0.05) is 20.8 Å². The Balaban J connectivity index is 4.20. The number of aliphatic hydroxyl groups excluding tert-OH is 1. The molecule has 3 nitrogen and oxygen atoms in total. The molecule has 0 aromatic rings. The van der Waals surface area contributed by atoms with Crippen LogP contribution in [0.3, 0.4) is 0 Å². The van der Waals surface area contributed by atoms with E-state index in [2.05, 4.69) is 19.2 Å². The second kappa shape index (κ2) is 6.46. The van der Waals surface area contributed by atoms with Crippen molar-refractivity contribution in [2.24, 2.45) is 0 Å². The highest BCUT2D eigenvalue weighted by Crippen LogP contribution is 2.18. The summed E-state index contributed by atoms with van der Waals surface area (Å²) >= 11 is 0. The molecule has 0 rings (SSSR count). The highest BCUT2D eigenvalue weighted by Gasteiger charge is 2.27. The van der Waals surface area contributed by atoms with E-state index in [1.807, 2.05) is 13.8 Å². The van der Waals surface area contributed by atoms with E-state index in [-0.39, 0.29) is 12.1 Å². The normalized spacial score (nSPS) is 16.4. The van der Waals surface area contributed by atoms with Crippen molar-refractivity contribution in [1.29, 1.82) is 0 Å². The van der Waals surface area contributed by atoms with Crippen molar-refractivity contribution in [3.63, 3.8) is 0 Å². The first-order valence-corrected chi connectivity index (χ1v) is 6.03. The monoisotopic (exact) mass is 217 g/mol. The van der Waals surface area contributed by atoms with Crippen LogP contribution >= 0.6 is 0 Å². The molecule has 0 saturated heterocycles. The molecule has 0 aliphatic rings. The van der Waals surface area contributed by atoms with Gasteiger partial charge in [-0.2, -0.15) is 0 Å². The van der Waals surface area contributed by atoms with E-state index in [0.29, 0.717) is 6.54 Å². The van der Waals surface area contributed by atoms with Gasteiger partial charge in [-0.15, -0.1) is 0 Å². The number of hydrogen-bond donors (Lipinski definition) is 3. The molecular weight excluding hydrogens is 190 g/mol. The molecule has 3 heteroatoms. The third-order valence-electron chi connectivity index (χ3n) is 3.60. The number of rotatable bonds is 8. The Morgan fingerprint density at radius 1 is 1.07 bits per heavy atom. The molecule has 0 saturated carbocycles. The van der Waals surface area contributed by atoms with Gasteiger partial charge in [-0.05, 0) is 32.6 Å². The maximum atomic E-state index is 10.1. The third-order valence-corrected chi connectivity index (χ3v) is 3.60. The van der Waals surface area contributed by atoms with E-state index < -0.39 is 5.60 Å². The van der Waals surface area contributed by atoms with Gasteiger partial charge in [0, 0.05) is 18.7 Å². The first-order valence-electron chi connectivity index (χ1n) is 6.03. The zero-order chi connectivity index (χ0) is 11.9. The highest BCUT2D eigenvalue weighted by molar-refractivity contribution is 4.86. The zero-order valence-electron chi connectivity index (χ0n) is 10.6. The van der Waals surface area contributed by atoms with Crippen LogP contribution in [0.4, 0.5) is 0 Å². The number of aliphatic hydroxyl groups is 2. The molecule has 1 atom stereocenters. The minimum atomic E-state index is -0.605. The Kier molecular flexibility index (Phi) is 6.41. The SMILES string of the molecule is CCC(O)(CC)CNC(C)(CC)CCO. The van der Waals surface area contributed by atoms with E-state index in [1.54, 1.807) is 0 Å². The lowest BCUT2D eigenvalue weighted by Gasteiger charge is -2.34. The fourth-order valence-electron chi connectivity index (χ4n) is 1.51. The molecule has 0 aliphatic heterocycles. The fraction of sp³-hybridized carbons (Fsp3) is 1.00. The maximum absolute atomic E-state index is 10.1. The number of hydrogen-bond acceptors (Lipinski definition) is 3. The van der Waals surface area contributed by atoms with Crippen LogP contribution in [0.1, 0.15) is 53.4 Å². The van der Waals surface area contributed by atoms with Gasteiger partial charge in [-0.25, -0.2) is 0 Å². The minimum Gasteiger partial charge on any atom is -0.396 e. The van der Waals surface area contributed by atoms with Crippen LogP contribution < -0.4 is 5.32 Å². The average Bonchev–Trinajstić information content (AvgIpc) is 2.26. The molecule has 0 fully saturated rings. The largest absolute Gasteiger partial charge is 0.396 e. The van der Waals surface area contributed by atoms with Crippen LogP contribution in [0.2, 0.25) is 0 Å². The Bertz CT molecular complexity index is 169. The van der Waals surface area contributed by atoms with E-state index in [9.17, 15) is 5.11 Å². The molecule has 0 heterocycles. The molecule has 0 aliphatic carbocycles. The number of β-amino-alcohol motifs (C(OH)–C–C–N with tert-alkyl or cyclic N) is 1. The summed E-state index contributed by atoms with van der Waals surface area (Å²) in [4.78, 5) is 0. The van der Waals surface area contributed by atoms with Crippen LogP contribution in [0.25, 0.3) is 0 Å². The fourth-order valence-corrected chi connectivity index (χ4v) is 1.51. The van der Waals surface area contributed by atoms with Gasteiger partial charge in [-0.3, -0.25) is 0 Å². The summed E-state index contributed by atoms with van der Waals surface area (Å²) in [6.45, 7) is 8.98. The van der Waals surface area contributed by atoms with Gasteiger partial charge in [0.15, 0.2) is 0 Å². The van der Waals surface area contributed by atoms with Gasteiger partial charge in [0.05, 0.1) is 5.60 Å². The average molecular weight is 217 g/mol. The van der Waals surface area contributed by atoms with Crippen molar-refractivity contribution in [2.45, 2.75) is 64.5 Å². The molecule has 92 valence electrons. The van der Waals surface area contributed by atoms with Crippen molar-refractivity contribution in [1.82, 2.24) is 5.32 Å². The summed E-state index contributed by atoms with van der Waals surface area (Å²) in [5.74, 6) is 0. The third kappa shape index (κ3) is 4.96. The lowest BCUT2D eigenvalue weighted by Crippen LogP contribution is -2.50. The van der Waals surface area contributed by atoms with Crippen LogP contribution in [0, 0.1) is 0 Å². The molecule has 0 amide bonds. The van der Waals surface area contributed by atoms with E-state index in [1.165, 1.54) is 0 Å². The van der Waals surface area contributed by atoms with Crippen LogP contribution in [0.15, 0.2) is 0 Å². The second-order valence-corrected chi connectivity index (χ2v) is 4.67. The van der Waals surface area contributed by atoms with Crippen molar-refractivity contribution >= 4 is 0 Å². The molecule has 3 N–H and O–H groups in total. The second-order valence-electron chi connectivity index (χ2n) is 4.67. The molecular formula is C12H27NO2. The molecule has 15 heavy (non-hydrogen) atoms. The highest BCUT2D eigenvalue weighted by atomic mass is 16.3. The van der Waals surface area contributed by atoms with Gasteiger partial charge >= 0.3 is 0 Å². The molecule has 0 spiro atoms. The van der Waals surface area contributed by atoms with Gasteiger partial charge < -0.3 is 15.5 Å². The van der Waals surface area contributed by atoms with Crippen LogP contribution in [0.5, 0.6) is 0 Å². The Morgan fingerprint density at radius 3 is 1.93 bits per heavy atom. The first kappa shape index (κ1) is 14.9. The Labute approximate surface area is 93.9 Å². The van der Waals surface area contributed by atoms with Gasteiger partial charge in [0.1, 0.15) is 0 Å². The quantitative estimate of drug-likeness (QED) is 0.580. The first-order chi connectivity index (χ1) is 6.95. The topological polar surface area (TPSA) is 52.5 Å². The minimum absolute atomic E-state index is 0.0624. The van der Waals surface area contributed by atoms with Gasteiger partial charge in [0.25, 0.3) is 0 Å². The van der Waals surface area contributed by atoms with Crippen molar-refractivity contribution in [3.05, 3.63) is 0 Å². The van der Waals surface area contributed by atoms with Crippen molar-refractivity contribution in [2.75, 3.05) is 13.2 Å². The molecule has 0 radical (unpaired) electrons. The predicted octanol–water partition coefficient (Wildman–Crippen LogP) is 1.68. The smallest absolute Gasteiger partial charge is 0.0766 e. The summed E-state index contributed by atoms with van der Waals surface area (Å²) in [5.41, 5.74) is -0.668. The van der Waals surface area contributed by atoms with Crippen molar-refractivity contribution in [3.8, 4) is 0 Å². The molecule has 1 unspecified atom stereocenters. The zero-order valence-corrected chi connectivity index (χ0v) is 10.6. The Hall–Kier alpha value is -0.120. The maximum Gasteiger partial charge on any atom is 0.0766 e. The predicted molar refractivity (Wildman–Crippen MR) is 63.9 cm³/mol. The van der Waals surface area contributed by atoms with Crippen molar-refractivity contribution < 1.29 is 10.2 Å². The van der Waals surface area contributed by atoms with Crippen LogP contribution in [-0.2, 0) is 0 Å². The van der Waals surface area contributed by atoms with E-state index in [0.717, 1.165) is 25.7 Å². The molecule has 0 aromatic heterocycles. The summed E-state index contributed by atoms with van der Waals surface area (Å²) in [6.07, 6.45) is 3.20. The summed E-state index contributed by atoms with van der Waals surface area (Å²) in [7, 11) is 0. The summed E-state index contributed by atoms with van der Waals surface area (Å²) < 4.78 is 0. The Morgan fingerprint density at radius 2 is 1.60 bits per heavy atom. The van der Waals surface area contributed by atoms with Crippen LogP contribution in [-0.4, -0.2) is 34.5 Å². The molecule has 0 aromatic carbocycles. The van der Waals surface area contributed by atoms with Gasteiger partial charge in [0.2, 0.25) is 0 Å². The summed E-state index contributed by atoms with van der Waals surface area (Å²) in [5, 5.41) is 22.5.